The molecule has 2 aromatic rings. The van der Waals surface area contributed by atoms with Gasteiger partial charge in [0.1, 0.15) is 5.01 Å². The average molecular weight is 418 g/mol. The van der Waals surface area contributed by atoms with E-state index in [1.165, 1.54) is 4.31 Å². The fourth-order valence-electron chi connectivity index (χ4n) is 2.93. The monoisotopic (exact) mass is 418 g/mol. The van der Waals surface area contributed by atoms with Gasteiger partial charge in [-0.2, -0.15) is 17.5 Å². The zero-order valence-corrected chi connectivity index (χ0v) is 15.8. The molecule has 1 saturated carbocycles. The van der Waals surface area contributed by atoms with Gasteiger partial charge in [-0.15, -0.1) is 10.2 Å². The summed E-state index contributed by atoms with van der Waals surface area (Å²) in [6, 6.07) is 3.61. The first kappa shape index (κ1) is 18.6. The van der Waals surface area contributed by atoms with Gasteiger partial charge >= 0.3 is 6.18 Å². The summed E-state index contributed by atoms with van der Waals surface area (Å²) in [5.74, 6) is 0.526. The second-order valence-corrected chi connectivity index (χ2v) is 9.54. The molecule has 0 N–H and O–H groups in total. The average Bonchev–Trinajstić information content (AvgIpc) is 3.38. The number of benzene rings is 1. The molecule has 6 nitrogen and oxygen atoms in total. The Hall–Kier alpha value is -1.72. The van der Waals surface area contributed by atoms with Gasteiger partial charge in [-0.3, -0.25) is 0 Å². The van der Waals surface area contributed by atoms with Crippen LogP contribution in [0.5, 0.6) is 0 Å². The first-order valence-electron chi connectivity index (χ1n) is 8.51. The van der Waals surface area contributed by atoms with Crippen LogP contribution in [0.15, 0.2) is 29.2 Å². The number of halogens is 3. The largest absolute Gasteiger partial charge is 0.416 e. The maximum Gasteiger partial charge on any atom is 0.416 e. The van der Waals surface area contributed by atoms with Crippen LogP contribution in [0.1, 0.15) is 29.3 Å². The lowest BCUT2D eigenvalue weighted by atomic mass is 10.2. The Morgan fingerprint density at radius 2 is 1.63 bits per heavy atom. The number of aromatic nitrogens is 2. The molecule has 0 spiro atoms. The highest BCUT2D eigenvalue weighted by Gasteiger charge is 2.33. The van der Waals surface area contributed by atoms with E-state index in [1.54, 1.807) is 11.3 Å². The van der Waals surface area contributed by atoms with E-state index in [1.807, 2.05) is 4.90 Å². The third-order valence-corrected chi connectivity index (χ3v) is 7.74. The van der Waals surface area contributed by atoms with Gasteiger partial charge in [0.05, 0.1) is 10.5 Å². The number of piperazine rings is 1. The Bertz CT molecular complexity index is 916. The zero-order valence-electron chi connectivity index (χ0n) is 14.2. The molecule has 1 aliphatic heterocycles. The quantitative estimate of drug-likeness (QED) is 0.764. The van der Waals surface area contributed by atoms with E-state index >= 15 is 0 Å². The first-order chi connectivity index (χ1) is 12.7. The summed E-state index contributed by atoms with van der Waals surface area (Å²) < 4.78 is 64.7. The molecule has 0 amide bonds. The normalized spacial score (nSPS) is 19.4. The molecule has 0 radical (unpaired) electrons. The summed E-state index contributed by atoms with van der Waals surface area (Å²) >= 11 is 1.55. The molecule has 2 heterocycles. The fraction of sp³-hybridized carbons (Fsp3) is 0.500. The van der Waals surface area contributed by atoms with Crippen molar-refractivity contribution in [1.29, 1.82) is 0 Å². The van der Waals surface area contributed by atoms with Crippen LogP contribution in [-0.2, 0) is 16.2 Å². The Morgan fingerprint density at radius 3 is 2.19 bits per heavy atom. The number of anilines is 1. The second-order valence-electron chi connectivity index (χ2n) is 6.61. The van der Waals surface area contributed by atoms with E-state index in [0.29, 0.717) is 19.0 Å². The van der Waals surface area contributed by atoms with E-state index in [-0.39, 0.29) is 18.0 Å². The van der Waals surface area contributed by atoms with Crippen molar-refractivity contribution in [2.24, 2.45) is 0 Å². The standard InChI is InChI=1S/C16H17F3N4O2S2/c17-16(18,19)12-3-5-13(6-4-12)27(24,25)23-9-7-22(8-10-23)15-21-20-14(26-15)11-1-2-11/h3-6,11H,1-2,7-10H2. The molecule has 2 fully saturated rings. The van der Waals surface area contributed by atoms with Gasteiger partial charge in [0, 0.05) is 32.1 Å². The van der Waals surface area contributed by atoms with Crippen molar-refractivity contribution in [3.63, 3.8) is 0 Å². The van der Waals surface area contributed by atoms with Crippen LogP contribution >= 0.6 is 11.3 Å². The Morgan fingerprint density at radius 1 is 1.00 bits per heavy atom. The minimum absolute atomic E-state index is 0.129. The van der Waals surface area contributed by atoms with Crippen LogP contribution in [0.3, 0.4) is 0 Å². The molecule has 1 aromatic carbocycles. The lowest BCUT2D eigenvalue weighted by molar-refractivity contribution is -0.137. The molecular weight excluding hydrogens is 401 g/mol. The maximum absolute atomic E-state index is 12.7. The van der Waals surface area contributed by atoms with Crippen LogP contribution < -0.4 is 4.90 Å². The van der Waals surface area contributed by atoms with Gasteiger partial charge in [-0.1, -0.05) is 11.3 Å². The van der Waals surface area contributed by atoms with Crippen LogP contribution in [0.4, 0.5) is 18.3 Å². The molecule has 4 rings (SSSR count). The fourth-order valence-corrected chi connectivity index (χ4v) is 5.42. The van der Waals surface area contributed by atoms with Crippen LogP contribution in [-0.4, -0.2) is 49.1 Å². The summed E-state index contributed by atoms with van der Waals surface area (Å²) in [5.41, 5.74) is -0.867. The van der Waals surface area contributed by atoms with E-state index < -0.39 is 21.8 Å². The second kappa shape index (κ2) is 6.71. The SMILES string of the molecule is O=S(=O)(c1ccc(C(F)(F)F)cc1)N1CCN(c2nnc(C3CC3)s2)CC1. The topological polar surface area (TPSA) is 66.4 Å². The molecule has 1 aliphatic carbocycles. The minimum Gasteiger partial charge on any atom is -0.344 e. The van der Waals surface area contributed by atoms with Crippen molar-refractivity contribution < 1.29 is 21.6 Å². The molecule has 2 aliphatic rings. The smallest absolute Gasteiger partial charge is 0.344 e. The highest BCUT2D eigenvalue weighted by molar-refractivity contribution is 7.89. The predicted molar refractivity (Wildman–Crippen MR) is 94.3 cm³/mol. The number of sulfonamides is 1. The number of alkyl halides is 3. The first-order valence-corrected chi connectivity index (χ1v) is 10.8. The van der Waals surface area contributed by atoms with Gasteiger partial charge in [-0.05, 0) is 37.1 Å². The van der Waals surface area contributed by atoms with E-state index in [0.717, 1.165) is 47.2 Å². The molecule has 0 bridgehead atoms. The zero-order chi connectivity index (χ0) is 19.2. The van der Waals surface area contributed by atoms with Crippen molar-refractivity contribution in [3.05, 3.63) is 34.8 Å². The maximum atomic E-state index is 12.7. The highest BCUT2D eigenvalue weighted by Crippen LogP contribution is 2.42. The van der Waals surface area contributed by atoms with Crippen molar-refractivity contribution >= 4 is 26.5 Å². The number of hydrogen-bond acceptors (Lipinski definition) is 6. The van der Waals surface area contributed by atoms with Gasteiger partial charge in [0.15, 0.2) is 0 Å². The molecule has 1 saturated heterocycles. The van der Waals surface area contributed by atoms with Gasteiger partial charge < -0.3 is 4.90 Å². The molecule has 27 heavy (non-hydrogen) atoms. The van der Waals surface area contributed by atoms with Gasteiger partial charge in [-0.25, -0.2) is 8.42 Å². The molecular formula is C16H17F3N4O2S2. The van der Waals surface area contributed by atoms with E-state index in [9.17, 15) is 21.6 Å². The highest BCUT2D eigenvalue weighted by atomic mass is 32.2. The van der Waals surface area contributed by atoms with E-state index in [4.69, 9.17) is 0 Å². The Labute approximate surface area is 158 Å². The summed E-state index contributed by atoms with van der Waals surface area (Å²) in [7, 11) is -3.82. The van der Waals surface area contributed by atoms with Crippen LogP contribution in [0.25, 0.3) is 0 Å². The third-order valence-electron chi connectivity index (χ3n) is 4.69. The lowest BCUT2D eigenvalue weighted by Gasteiger charge is -2.33. The Kier molecular flexibility index (Phi) is 4.63. The summed E-state index contributed by atoms with van der Waals surface area (Å²) in [4.78, 5) is 1.87. The minimum atomic E-state index is -4.49. The Balaban J connectivity index is 1.43. The molecule has 146 valence electrons. The van der Waals surface area contributed by atoms with Crippen molar-refractivity contribution in [2.45, 2.75) is 29.8 Å². The number of hydrogen-bond donors (Lipinski definition) is 0. The lowest BCUT2D eigenvalue weighted by Crippen LogP contribution is -2.48. The molecule has 11 heteroatoms. The number of nitrogens with zero attached hydrogens (tertiary/aromatic N) is 4. The predicted octanol–water partition coefficient (Wildman–Crippen LogP) is 2.95. The van der Waals surface area contributed by atoms with Crippen molar-refractivity contribution in [2.75, 3.05) is 31.1 Å². The number of rotatable bonds is 4. The van der Waals surface area contributed by atoms with Gasteiger partial charge in [0.2, 0.25) is 15.2 Å². The molecule has 1 aromatic heterocycles. The molecule has 0 atom stereocenters. The summed E-state index contributed by atoms with van der Waals surface area (Å²) in [6.07, 6.45) is -2.20. The summed E-state index contributed by atoms with van der Waals surface area (Å²) in [6.45, 7) is 1.45. The van der Waals surface area contributed by atoms with Crippen molar-refractivity contribution in [1.82, 2.24) is 14.5 Å². The van der Waals surface area contributed by atoms with Crippen molar-refractivity contribution in [3.8, 4) is 0 Å². The van der Waals surface area contributed by atoms with Crippen LogP contribution in [0, 0.1) is 0 Å². The van der Waals surface area contributed by atoms with E-state index in [2.05, 4.69) is 10.2 Å². The summed E-state index contributed by atoms with van der Waals surface area (Å²) in [5, 5.41) is 10.2. The third kappa shape index (κ3) is 3.81. The van der Waals surface area contributed by atoms with Gasteiger partial charge in [0.25, 0.3) is 0 Å². The van der Waals surface area contributed by atoms with Crippen LogP contribution in [0.2, 0.25) is 0 Å². The molecule has 0 unspecified atom stereocenters.